The minimum Gasteiger partial charge on any atom is -0.455 e. The molecule has 0 aliphatic carbocycles. The maximum atomic E-state index is 11.4. The van der Waals surface area contributed by atoms with Gasteiger partial charge < -0.3 is 9.15 Å². The molecule has 0 unspecified atom stereocenters. The van der Waals surface area contributed by atoms with Gasteiger partial charge in [-0.25, -0.2) is 4.79 Å². The SMILES string of the molecule is O=Cc1ccc(COC(=O)Nc2ccccc2)o1. The van der Waals surface area contributed by atoms with Gasteiger partial charge in [0.25, 0.3) is 0 Å². The molecule has 1 amide bonds. The van der Waals surface area contributed by atoms with Gasteiger partial charge in [0.1, 0.15) is 5.76 Å². The van der Waals surface area contributed by atoms with Gasteiger partial charge >= 0.3 is 6.09 Å². The van der Waals surface area contributed by atoms with Gasteiger partial charge in [-0.3, -0.25) is 10.1 Å². The highest BCUT2D eigenvalue weighted by Gasteiger charge is 2.06. The summed E-state index contributed by atoms with van der Waals surface area (Å²) in [6, 6.07) is 12.1. The largest absolute Gasteiger partial charge is 0.455 e. The molecule has 2 aromatic rings. The Morgan fingerprint density at radius 2 is 2.00 bits per heavy atom. The van der Waals surface area contributed by atoms with Crippen LogP contribution in [0.5, 0.6) is 0 Å². The van der Waals surface area contributed by atoms with Crippen LogP contribution >= 0.6 is 0 Å². The molecule has 0 bridgehead atoms. The fourth-order valence-electron chi connectivity index (χ4n) is 1.35. The van der Waals surface area contributed by atoms with Gasteiger partial charge in [0.05, 0.1) is 0 Å². The lowest BCUT2D eigenvalue weighted by Gasteiger charge is -2.05. The van der Waals surface area contributed by atoms with E-state index in [2.05, 4.69) is 5.32 Å². The van der Waals surface area contributed by atoms with E-state index >= 15 is 0 Å². The van der Waals surface area contributed by atoms with E-state index in [0.717, 1.165) is 0 Å². The first kappa shape index (κ1) is 11.9. The van der Waals surface area contributed by atoms with Crippen molar-refractivity contribution in [3.05, 3.63) is 54.0 Å². The molecule has 1 N–H and O–H groups in total. The normalized spacial score (nSPS) is 9.78. The zero-order chi connectivity index (χ0) is 12.8. The molecule has 5 nitrogen and oxygen atoms in total. The number of para-hydroxylation sites is 1. The lowest BCUT2D eigenvalue weighted by atomic mass is 10.3. The molecule has 0 radical (unpaired) electrons. The van der Waals surface area contributed by atoms with E-state index in [1.54, 1.807) is 30.3 Å². The smallest absolute Gasteiger partial charge is 0.412 e. The number of amides is 1. The number of benzene rings is 1. The molecule has 0 saturated carbocycles. The van der Waals surface area contributed by atoms with Crippen LogP contribution in [0, 0.1) is 0 Å². The fraction of sp³-hybridized carbons (Fsp3) is 0.0769. The van der Waals surface area contributed by atoms with Crippen LogP contribution in [-0.2, 0) is 11.3 Å². The predicted molar refractivity (Wildman–Crippen MR) is 64.3 cm³/mol. The molecule has 0 atom stereocenters. The summed E-state index contributed by atoms with van der Waals surface area (Å²) in [4.78, 5) is 21.8. The summed E-state index contributed by atoms with van der Waals surface area (Å²) in [6.45, 7) is -0.0213. The van der Waals surface area contributed by atoms with Crippen LogP contribution in [-0.4, -0.2) is 12.4 Å². The Bertz CT molecular complexity index is 533. The highest BCUT2D eigenvalue weighted by Crippen LogP contribution is 2.09. The number of hydrogen-bond acceptors (Lipinski definition) is 4. The Balaban J connectivity index is 1.83. The zero-order valence-electron chi connectivity index (χ0n) is 9.46. The van der Waals surface area contributed by atoms with Gasteiger partial charge in [0, 0.05) is 5.69 Å². The minimum atomic E-state index is -0.578. The number of nitrogens with one attached hydrogen (secondary N) is 1. The molecule has 0 fully saturated rings. The molecule has 0 aliphatic heterocycles. The van der Waals surface area contributed by atoms with Crippen LogP contribution in [0.15, 0.2) is 46.9 Å². The second-order valence-electron chi connectivity index (χ2n) is 3.49. The first-order valence-corrected chi connectivity index (χ1v) is 5.30. The molecule has 5 heteroatoms. The number of hydrogen-bond donors (Lipinski definition) is 1. The molecule has 92 valence electrons. The number of furan rings is 1. The van der Waals surface area contributed by atoms with Crippen LogP contribution in [0.1, 0.15) is 16.3 Å². The molecular weight excluding hydrogens is 234 g/mol. The van der Waals surface area contributed by atoms with Gasteiger partial charge in [-0.15, -0.1) is 0 Å². The van der Waals surface area contributed by atoms with Crippen molar-refractivity contribution in [2.75, 3.05) is 5.32 Å². The van der Waals surface area contributed by atoms with Gasteiger partial charge in [0.15, 0.2) is 18.7 Å². The van der Waals surface area contributed by atoms with Crippen LogP contribution in [0.3, 0.4) is 0 Å². The number of carbonyl (C=O) groups is 2. The Kier molecular flexibility index (Phi) is 3.76. The Labute approximate surface area is 103 Å². The Morgan fingerprint density at radius 1 is 1.22 bits per heavy atom. The second kappa shape index (κ2) is 5.67. The summed E-state index contributed by atoms with van der Waals surface area (Å²) in [7, 11) is 0. The first-order valence-electron chi connectivity index (χ1n) is 5.30. The van der Waals surface area contributed by atoms with Crippen molar-refractivity contribution in [3.8, 4) is 0 Å². The quantitative estimate of drug-likeness (QED) is 0.841. The van der Waals surface area contributed by atoms with E-state index in [-0.39, 0.29) is 12.4 Å². The van der Waals surface area contributed by atoms with Crippen LogP contribution in [0.4, 0.5) is 10.5 Å². The number of carbonyl (C=O) groups excluding carboxylic acids is 2. The molecule has 0 saturated heterocycles. The summed E-state index contributed by atoms with van der Waals surface area (Å²) in [5, 5.41) is 2.56. The predicted octanol–water partition coefficient (Wildman–Crippen LogP) is 2.84. The molecule has 18 heavy (non-hydrogen) atoms. The standard InChI is InChI=1S/C13H11NO4/c15-8-11-6-7-12(18-11)9-17-13(16)14-10-4-2-1-3-5-10/h1-8H,9H2,(H,14,16). The zero-order valence-corrected chi connectivity index (χ0v) is 9.46. The van der Waals surface area contributed by atoms with Crippen LogP contribution < -0.4 is 5.32 Å². The van der Waals surface area contributed by atoms with Gasteiger partial charge in [-0.2, -0.15) is 0 Å². The maximum Gasteiger partial charge on any atom is 0.412 e. The minimum absolute atomic E-state index is 0.0213. The van der Waals surface area contributed by atoms with E-state index in [9.17, 15) is 9.59 Å². The van der Waals surface area contributed by atoms with Crippen molar-refractivity contribution in [1.29, 1.82) is 0 Å². The summed E-state index contributed by atoms with van der Waals surface area (Å²) in [5.74, 6) is 0.623. The maximum absolute atomic E-state index is 11.4. The van der Waals surface area contributed by atoms with Crippen LogP contribution in [0.25, 0.3) is 0 Å². The Morgan fingerprint density at radius 3 is 2.67 bits per heavy atom. The third-order valence-electron chi connectivity index (χ3n) is 2.16. The molecule has 1 aromatic carbocycles. The van der Waals surface area contributed by atoms with Gasteiger partial charge in [-0.05, 0) is 24.3 Å². The van der Waals surface area contributed by atoms with Crippen molar-refractivity contribution in [2.45, 2.75) is 6.61 Å². The molecule has 1 aromatic heterocycles. The summed E-state index contributed by atoms with van der Waals surface area (Å²) in [6.07, 6.45) is 0.0123. The average molecular weight is 245 g/mol. The number of anilines is 1. The number of aldehydes is 1. The highest BCUT2D eigenvalue weighted by atomic mass is 16.6. The lowest BCUT2D eigenvalue weighted by Crippen LogP contribution is -2.13. The third kappa shape index (κ3) is 3.21. The van der Waals surface area contributed by atoms with E-state index in [0.29, 0.717) is 17.7 Å². The molecule has 0 spiro atoms. The fourth-order valence-corrected chi connectivity index (χ4v) is 1.35. The van der Waals surface area contributed by atoms with Gasteiger partial charge in [0.2, 0.25) is 0 Å². The monoisotopic (exact) mass is 245 g/mol. The summed E-state index contributed by atoms with van der Waals surface area (Å²) >= 11 is 0. The van der Waals surface area contributed by atoms with Crippen molar-refractivity contribution in [1.82, 2.24) is 0 Å². The molecular formula is C13H11NO4. The number of rotatable bonds is 4. The van der Waals surface area contributed by atoms with E-state index in [4.69, 9.17) is 9.15 Å². The van der Waals surface area contributed by atoms with Crippen molar-refractivity contribution >= 4 is 18.1 Å². The first-order chi connectivity index (χ1) is 8.78. The molecule has 0 aliphatic rings. The molecule has 2 rings (SSSR count). The van der Waals surface area contributed by atoms with Crippen molar-refractivity contribution < 1.29 is 18.7 Å². The van der Waals surface area contributed by atoms with Gasteiger partial charge in [-0.1, -0.05) is 18.2 Å². The molecule has 1 heterocycles. The second-order valence-corrected chi connectivity index (χ2v) is 3.49. The van der Waals surface area contributed by atoms with Crippen molar-refractivity contribution in [3.63, 3.8) is 0 Å². The Hall–Kier alpha value is -2.56. The summed E-state index contributed by atoms with van der Waals surface area (Å²) in [5.41, 5.74) is 0.649. The van der Waals surface area contributed by atoms with Crippen molar-refractivity contribution in [2.24, 2.45) is 0 Å². The lowest BCUT2D eigenvalue weighted by molar-refractivity contribution is 0.109. The highest BCUT2D eigenvalue weighted by molar-refractivity contribution is 5.84. The van der Waals surface area contributed by atoms with E-state index in [1.165, 1.54) is 6.07 Å². The summed E-state index contributed by atoms with van der Waals surface area (Å²) < 4.78 is 9.99. The van der Waals surface area contributed by atoms with E-state index in [1.807, 2.05) is 6.07 Å². The topological polar surface area (TPSA) is 68.5 Å². The van der Waals surface area contributed by atoms with Crippen LogP contribution in [0.2, 0.25) is 0 Å². The third-order valence-corrected chi connectivity index (χ3v) is 2.16. The average Bonchev–Trinajstić information content (AvgIpc) is 2.85. The number of ether oxygens (including phenoxy) is 1. The van der Waals surface area contributed by atoms with E-state index < -0.39 is 6.09 Å².